The highest BCUT2D eigenvalue weighted by molar-refractivity contribution is 9.10. The van der Waals surface area contributed by atoms with Crippen LogP contribution >= 0.6 is 28.1 Å². The number of nitrogens with zero attached hydrogens (tertiary/aromatic N) is 3. The fourth-order valence-corrected chi connectivity index (χ4v) is 1.40. The number of aromatic nitrogens is 4. The molecule has 0 spiro atoms. The van der Waals surface area contributed by atoms with E-state index in [0.29, 0.717) is 16.0 Å². The molecule has 2 aromatic rings. The van der Waals surface area contributed by atoms with Gasteiger partial charge in [-0.05, 0) is 40.3 Å². The van der Waals surface area contributed by atoms with E-state index in [0.717, 1.165) is 5.76 Å². The summed E-state index contributed by atoms with van der Waals surface area (Å²) in [6, 6.07) is 3.68. The highest BCUT2D eigenvalue weighted by atomic mass is 79.9. The molecule has 0 saturated heterocycles. The minimum Gasteiger partial charge on any atom is -0.452 e. The van der Waals surface area contributed by atoms with E-state index >= 15 is 0 Å². The smallest absolute Gasteiger partial charge is 0.238 e. The monoisotopic (exact) mass is 260 g/mol. The van der Waals surface area contributed by atoms with Crippen LogP contribution in [0.5, 0.6) is 0 Å². The Hall–Kier alpha value is -0.950. The maximum Gasteiger partial charge on any atom is 0.238 e. The second kappa shape index (κ2) is 3.43. The summed E-state index contributed by atoms with van der Waals surface area (Å²) in [6.07, 6.45) is 0. The Morgan fingerprint density at radius 1 is 1.62 bits per heavy atom. The van der Waals surface area contributed by atoms with E-state index in [1.54, 1.807) is 4.68 Å². The molecule has 0 radical (unpaired) electrons. The third kappa shape index (κ3) is 1.86. The van der Waals surface area contributed by atoms with E-state index in [1.165, 1.54) is 0 Å². The molecule has 0 saturated carbocycles. The van der Waals surface area contributed by atoms with E-state index < -0.39 is 0 Å². The minimum absolute atomic E-state index is 0.410. The molecular weight excluding hydrogens is 256 g/mol. The largest absolute Gasteiger partial charge is 0.452 e. The molecule has 0 aliphatic heterocycles. The number of hydrogen-bond acceptors (Lipinski definition) is 4. The van der Waals surface area contributed by atoms with Crippen molar-refractivity contribution in [2.24, 2.45) is 0 Å². The number of aromatic amines is 1. The zero-order valence-corrected chi connectivity index (χ0v) is 8.80. The van der Waals surface area contributed by atoms with E-state index in [-0.39, 0.29) is 0 Å². The van der Waals surface area contributed by atoms with Gasteiger partial charge in [-0.2, -0.15) is 5.21 Å². The summed E-state index contributed by atoms with van der Waals surface area (Å²) in [4.78, 5) is 0. The van der Waals surface area contributed by atoms with Crippen LogP contribution in [0, 0.1) is 4.77 Å². The van der Waals surface area contributed by atoms with Crippen LogP contribution < -0.4 is 0 Å². The van der Waals surface area contributed by atoms with Gasteiger partial charge in [-0.15, -0.1) is 0 Å². The van der Waals surface area contributed by atoms with Crippen molar-refractivity contribution < 1.29 is 4.42 Å². The first-order chi connectivity index (χ1) is 6.25. The first-order valence-electron chi connectivity index (χ1n) is 3.48. The maximum absolute atomic E-state index is 5.29. The second-order valence-corrected chi connectivity index (χ2v) is 3.52. The average Bonchev–Trinajstić information content (AvgIpc) is 2.64. The van der Waals surface area contributed by atoms with Gasteiger partial charge in [-0.3, -0.25) is 0 Å². The summed E-state index contributed by atoms with van der Waals surface area (Å²) >= 11 is 8.11. The van der Waals surface area contributed by atoms with Gasteiger partial charge in [0.25, 0.3) is 0 Å². The van der Waals surface area contributed by atoms with Crippen molar-refractivity contribution in [1.29, 1.82) is 0 Å². The molecule has 0 bridgehead atoms. The van der Waals surface area contributed by atoms with Gasteiger partial charge in [0.2, 0.25) is 4.77 Å². The SMILES string of the molecule is S=c1nn[nH]n1Cc1ccc(Br)o1. The Balaban J connectivity index is 2.24. The molecule has 2 rings (SSSR count). The summed E-state index contributed by atoms with van der Waals surface area (Å²) in [5.74, 6) is 0.786. The third-order valence-electron chi connectivity index (χ3n) is 1.47. The molecule has 0 amide bonds. The summed E-state index contributed by atoms with van der Waals surface area (Å²) < 4.78 is 8.00. The van der Waals surface area contributed by atoms with Gasteiger partial charge in [0, 0.05) is 0 Å². The lowest BCUT2D eigenvalue weighted by atomic mass is 10.4. The molecule has 2 aromatic heterocycles. The molecule has 5 nitrogen and oxygen atoms in total. The molecular formula is C6H5BrN4OS. The van der Waals surface area contributed by atoms with Crippen molar-refractivity contribution in [2.45, 2.75) is 6.54 Å². The predicted molar refractivity (Wildman–Crippen MR) is 50.7 cm³/mol. The molecule has 2 heterocycles. The van der Waals surface area contributed by atoms with Crippen molar-refractivity contribution in [3.63, 3.8) is 0 Å². The Bertz CT molecular complexity index is 459. The van der Waals surface area contributed by atoms with Crippen LogP contribution in [0.25, 0.3) is 0 Å². The van der Waals surface area contributed by atoms with E-state index in [4.69, 9.17) is 16.6 Å². The van der Waals surface area contributed by atoms with Gasteiger partial charge in [-0.25, -0.2) is 4.68 Å². The third-order valence-corrected chi connectivity index (χ3v) is 2.20. The molecule has 7 heteroatoms. The number of rotatable bonds is 2. The van der Waals surface area contributed by atoms with E-state index in [9.17, 15) is 0 Å². The van der Waals surface area contributed by atoms with Gasteiger partial charge in [0.1, 0.15) is 12.3 Å². The topological polar surface area (TPSA) is 59.6 Å². The van der Waals surface area contributed by atoms with Gasteiger partial charge >= 0.3 is 0 Å². The van der Waals surface area contributed by atoms with Gasteiger partial charge in [-0.1, -0.05) is 10.3 Å². The number of hydrogen-bond donors (Lipinski definition) is 1. The molecule has 13 heavy (non-hydrogen) atoms. The maximum atomic E-state index is 5.29. The molecule has 0 aromatic carbocycles. The molecule has 0 fully saturated rings. The highest BCUT2D eigenvalue weighted by Gasteiger charge is 2.01. The van der Waals surface area contributed by atoms with Crippen LogP contribution in [-0.2, 0) is 6.54 Å². The summed E-state index contributed by atoms with van der Waals surface area (Å²) in [6.45, 7) is 0.511. The van der Waals surface area contributed by atoms with Crippen molar-refractivity contribution in [1.82, 2.24) is 20.2 Å². The fraction of sp³-hybridized carbons (Fsp3) is 0.167. The van der Waals surface area contributed by atoms with Crippen molar-refractivity contribution in [3.8, 4) is 0 Å². The summed E-state index contributed by atoms with van der Waals surface area (Å²) in [7, 11) is 0. The highest BCUT2D eigenvalue weighted by Crippen LogP contribution is 2.14. The zero-order chi connectivity index (χ0) is 9.26. The number of halogens is 1. The van der Waals surface area contributed by atoms with Crippen LogP contribution in [0.3, 0.4) is 0 Å². The quantitative estimate of drug-likeness (QED) is 0.836. The Morgan fingerprint density at radius 3 is 3.00 bits per heavy atom. The lowest BCUT2D eigenvalue weighted by Crippen LogP contribution is -2.00. The minimum atomic E-state index is 0.410. The molecule has 68 valence electrons. The van der Waals surface area contributed by atoms with Crippen LogP contribution in [0.1, 0.15) is 5.76 Å². The van der Waals surface area contributed by atoms with Crippen molar-refractivity contribution >= 4 is 28.1 Å². The standard InChI is InChI=1S/C6H5BrN4OS/c7-5-2-1-4(12-5)3-11-6(13)8-9-10-11/h1-2H,3H2,(H,8,10,13). The van der Waals surface area contributed by atoms with Crippen molar-refractivity contribution in [2.75, 3.05) is 0 Å². The molecule has 0 unspecified atom stereocenters. The first kappa shape index (κ1) is 8.64. The molecule has 0 aliphatic carbocycles. The lowest BCUT2D eigenvalue weighted by molar-refractivity contribution is 0.457. The number of tetrazole rings is 1. The first-order valence-corrected chi connectivity index (χ1v) is 4.68. The normalized spacial score (nSPS) is 10.5. The van der Waals surface area contributed by atoms with Gasteiger partial charge in [0.05, 0.1) is 0 Å². The van der Waals surface area contributed by atoms with E-state index in [2.05, 4.69) is 31.5 Å². The number of nitrogens with one attached hydrogen (secondary N) is 1. The Morgan fingerprint density at radius 2 is 2.46 bits per heavy atom. The second-order valence-electron chi connectivity index (χ2n) is 2.37. The van der Waals surface area contributed by atoms with Crippen LogP contribution in [0.15, 0.2) is 21.2 Å². The van der Waals surface area contributed by atoms with Crippen LogP contribution in [0.4, 0.5) is 0 Å². The number of H-pyrrole nitrogens is 1. The van der Waals surface area contributed by atoms with Crippen molar-refractivity contribution in [3.05, 3.63) is 27.3 Å². The number of furan rings is 1. The Kier molecular flexibility index (Phi) is 2.28. The van der Waals surface area contributed by atoms with Gasteiger partial charge in [0.15, 0.2) is 4.67 Å². The van der Waals surface area contributed by atoms with Crippen LogP contribution in [0.2, 0.25) is 0 Å². The average molecular weight is 261 g/mol. The van der Waals surface area contributed by atoms with Gasteiger partial charge < -0.3 is 4.42 Å². The lowest BCUT2D eigenvalue weighted by Gasteiger charge is -1.95. The molecule has 0 aliphatic rings. The summed E-state index contributed by atoms with van der Waals surface area (Å²) in [5, 5.41) is 9.83. The molecule has 1 N–H and O–H groups in total. The van der Waals surface area contributed by atoms with Crippen LogP contribution in [-0.4, -0.2) is 20.2 Å². The van der Waals surface area contributed by atoms with E-state index in [1.807, 2.05) is 12.1 Å². The summed E-state index contributed by atoms with van der Waals surface area (Å²) in [5.41, 5.74) is 0. The zero-order valence-electron chi connectivity index (χ0n) is 6.40. The fourth-order valence-electron chi connectivity index (χ4n) is 0.911. The predicted octanol–water partition coefficient (Wildman–Crippen LogP) is 1.74. The Labute approximate surface area is 86.9 Å². The molecule has 0 atom stereocenters.